The molecule has 0 amide bonds. The summed E-state index contributed by atoms with van der Waals surface area (Å²) in [6, 6.07) is 0. The number of rotatable bonds is 3. The van der Waals surface area contributed by atoms with Gasteiger partial charge in [0.1, 0.15) is 0 Å². The van der Waals surface area contributed by atoms with Gasteiger partial charge in [0, 0.05) is 6.42 Å². The second-order valence-corrected chi connectivity index (χ2v) is 1.30. The number of ketones is 1. The summed E-state index contributed by atoms with van der Waals surface area (Å²) < 4.78 is 0. The molecule has 0 aliphatic carbocycles. The van der Waals surface area contributed by atoms with Crippen LogP contribution >= 0.6 is 0 Å². The molecule has 0 saturated heterocycles. The molecule has 0 spiro atoms. The second-order valence-electron chi connectivity index (χ2n) is 1.30. The van der Waals surface area contributed by atoms with Crippen LogP contribution in [0, 0.1) is 0 Å². The molecule has 3 nitrogen and oxygen atoms in total. The molecule has 46 valence electrons. The molecule has 3 N–H and O–H groups in total. The van der Waals surface area contributed by atoms with Crippen LogP contribution in [0.4, 0.5) is 0 Å². The highest BCUT2D eigenvalue weighted by Gasteiger charge is 1.90. The van der Waals surface area contributed by atoms with Gasteiger partial charge in [0.25, 0.3) is 0 Å². The summed E-state index contributed by atoms with van der Waals surface area (Å²) in [6.45, 7) is -0.108. The third kappa shape index (κ3) is 3.36. The lowest BCUT2D eigenvalue weighted by molar-refractivity contribution is -0.115. The summed E-state index contributed by atoms with van der Waals surface area (Å²) in [4.78, 5) is 10.3. The van der Waals surface area contributed by atoms with Crippen molar-refractivity contribution in [1.29, 1.82) is 0 Å². The Morgan fingerprint density at radius 1 is 1.75 bits per heavy atom. The number of aliphatic hydroxyl groups excluding tert-OH is 1. The van der Waals surface area contributed by atoms with Crippen LogP contribution in [-0.4, -0.2) is 17.5 Å². The van der Waals surface area contributed by atoms with E-state index in [-0.39, 0.29) is 18.8 Å². The van der Waals surface area contributed by atoms with E-state index >= 15 is 0 Å². The van der Waals surface area contributed by atoms with Crippen molar-refractivity contribution in [3.05, 3.63) is 12.3 Å². The van der Waals surface area contributed by atoms with Crippen LogP contribution in [0.2, 0.25) is 0 Å². The summed E-state index contributed by atoms with van der Waals surface area (Å²) in [5.41, 5.74) is 4.88. The minimum absolute atomic E-state index is 0.108. The van der Waals surface area contributed by atoms with E-state index in [9.17, 15) is 4.79 Å². The van der Waals surface area contributed by atoms with Crippen molar-refractivity contribution in [2.45, 2.75) is 6.42 Å². The first-order valence-electron chi connectivity index (χ1n) is 2.33. The van der Waals surface area contributed by atoms with Gasteiger partial charge in [-0.2, -0.15) is 0 Å². The first-order valence-corrected chi connectivity index (χ1v) is 2.33. The highest BCUT2D eigenvalue weighted by atomic mass is 16.3. The normalized spacial score (nSPS) is 10.1. The number of aliphatic hydroxyl groups is 1. The van der Waals surface area contributed by atoms with Crippen molar-refractivity contribution < 1.29 is 9.90 Å². The van der Waals surface area contributed by atoms with Gasteiger partial charge in [-0.15, -0.1) is 0 Å². The number of allylic oxidation sites excluding steroid dienone is 1. The maximum absolute atomic E-state index is 10.3. The molecule has 0 aromatic carbocycles. The monoisotopic (exact) mass is 115 g/mol. The Balaban J connectivity index is 3.33. The molecule has 0 aliphatic heterocycles. The van der Waals surface area contributed by atoms with Gasteiger partial charge in [0.15, 0.2) is 5.78 Å². The van der Waals surface area contributed by atoms with E-state index in [0.29, 0.717) is 0 Å². The van der Waals surface area contributed by atoms with E-state index in [2.05, 4.69) is 0 Å². The van der Waals surface area contributed by atoms with Crippen LogP contribution in [0.25, 0.3) is 0 Å². The van der Waals surface area contributed by atoms with Gasteiger partial charge in [-0.3, -0.25) is 4.79 Å². The van der Waals surface area contributed by atoms with Crippen LogP contribution < -0.4 is 5.73 Å². The van der Waals surface area contributed by atoms with Crippen molar-refractivity contribution in [1.82, 2.24) is 0 Å². The molecule has 8 heavy (non-hydrogen) atoms. The van der Waals surface area contributed by atoms with Crippen molar-refractivity contribution in [2.24, 2.45) is 5.73 Å². The molecular weight excluding hydrogens is 106 g/mol. The Morgan fingerprint density at radius 3 is 2.75 bits per heavy atom. The molecule has 0 bridgehead atoms. The van der Waals surface area contributed by atoms with Crippen molar-refractivity contribution in [3.63, 3.8) is 0 Å². The van der Waals surface area contributed by atoms with E-state index < -0.39 is 0 Å². The van der Waals surface area contributed by atoms with E-state index in [0.717, 1.165) is 6.20 Å². The molecule has 3 heteroatoms. The Labute approximate surface area is 47.8 Å². The fourth-order valence-electron chi connectivity index (χ4n) is 0.301. The zero-order valence-corrected chi connectivity index (χ0v) is 4.50. The maximum Gasteiger partial charge on any atom is 0.159 e. The highest BCUT2D eigenvalue weighted by molar-refractivity contribution is 5.89. The van der Waals surface area contributed by atoms with Crippen LogP contribution in [0.15, 0.2) is 12.3 Å². The molecule has 0 saturated carbocycles. The van der Waals surface area contributed by atoms with Gasteiger partial charge >= 0.3 is 0 Å². The molecule has 0 heterocycles. The van der Waals surface area contributed by atoms with E-state index in [1.54, 1.807) is 0 Å². The van der Waals surface area contributed by atoms with Gasteiger partial charge < -0.3 is 10.8 Å². The van der Waals surface area contributed by atoms with Crippen molar-refractivity contribution >= 4 is 5.78 Å². The third-order valence-electron chi connectivity index (χ3n) is 0.640. The highest BCUT2D eigenvalue weighted by Crippen LogP contribution is 1.80. The summed E-state index contributed by atoms with van der Waals surface area (Å²) in [5, 5.41) is 8.17. The Bertz CT molecular complexity index is 98.6. The van der Waals surface area contributed by atoms with Crippen LogP contribution in [0.5, 0.6) is 0 Å². The van der Waals surface area contributed by atoms with E-state index in [4.69, 9.17) is 10.8 Å². The largest absolute Gasteiger partial charge is 0.404 e. The molecule has 0 unspecified atom stereocenters. The first kappa shape index (κ1) is 7.17. The first-order chi connectivity index (χ1) is 3.81. The predicted molar refractivity (Wildman–Crippen MR) is 30.0 cm³/mol. The predicted octanol–water partition coefficient (Wildman–Crippen LogP) is -0.590. The molecule has 0 aromatic heterocycles. The van der Waals surface area contributed by atoms with Crippen molar-refractivity contribution in [2.75, 3.05) is 6.61 Å². The summed E-state index contributed by atoms with van der Waals surface area (Å²) in [6.07, 6.45) is 2.56. The van der Waals surface area contributed by atoms with Crippen molar-refractivity contribution in [3.8, 4) is 0 Å². The fourth-order valence-corrected chi connectivity index (χ4v) is 0.301. The molecule has 0 radical (unpaired) electrons. The van der Waals surface area contributed by atoms with E-state index in [1.807, 2.05) is 0 Å². The lowest BCUT2D eigenvalue weighted by atomic mass is 10.3. The standard InChI is InChI=1S/C5H9NO2/c6-3-1-5(8)2-4-7/h1,3,7H,2,4,6H2. The average molecular weight is 115 g/mol. The number of carbonyl (C=O) groups is 1. The van der Waals surface area contributed by atoms with Gasteiger partial charge in [-0.05, 0) is 12.3 Å². The quantitative estimate of drug-likeness (QED) is 0.483. The van der Waals surface area contributed by atoms with Gasteiger partial charge in [0.2, 0.25) is 0 Å². The number of carbonyl (C=O) groups excluding carboxylic acids is 1. The molecule has 0 aliphatic rings. The average Bonchev–Trinajstić information content (AvgIpc) is 1.68. The van der Waals surface area contributed by atoms with Gasteiger partial charge in [-0.1, -0.05) is 0 Å². The lowest BCUT2D eigenvalue weighted by Gasteiger charge is -1.84. The van der Waals surface area contributed by atoms with Crippen LogP contribution in [0.1, 0.15) is 6.42 Å². The minimum Gasteiger partial charge on any atom is -0.404 e. The molecule has 0 aromatic rings. The molecular formula is C5H9NO2. The fraction of sp³-hybridized carbons (Fsp3) is 0.400. The van der Waals surface area contributed by atoms with E-state index in [1.165, 1.54) is 6.08 Å². The Hall–Kier alpha value is -0.830. The van der Waals surface area contributed by atoms with Crippen LogP contribution in [-0.2, 0) is 4.79 Å². The smallest absolute Gasteiger partial charge is 0.159 e. The molecule has 0 atom stereocenters. The minimum atomic E-state index is -0.144. The number of nitrogens with two attached hydrogens (primary N) is 1. The number of hydrogen-bond donors (Lipinski definition) is 2. The summed E-state index contributed by atoms with van der Waals surface area (Å²) in [7, 11) is 0. The number of hydrogen-bond acceptors (Lipinski definition) is 3. The maximum atomic E-state index is 10.3. The zero-order chi connectivity index (χ0) is 6.41. The Morgan fingerprint density at radius 2 is 2.38 bits per heavy atom. The van der Waals surface area contributed by atoms with Gasteiger partial charge in [0.05, 0.1) is 6.61 Å². The summed E-state index contributed by atoms with van der Waals surface area (Å²) >= 11 is 0. The SMILES string of the molecule is NC=CC(=O)CCO. The third-order valence-corrected chi connectivity index (χ3v) is 0.640. The van der Waals surface area contributed by atoms with Crippen LogP contribution in [0.3, 0.4) is 0 Å². The summed E-state index contributed by atoms with van der Waals surface area (Å²) in [5.74, 6) is -0.144. The topological polar surface area (TPSA) is 63.3 Å². The lowest BCUT2D eigenvalue weighted by Crippen LogP contribution is -1.96. The second kappa shape index (κ2) is 4.33. The Kier molecular flexibility index (Phi) is 3.88. The van der Waals surface area contributed by atoms with Gasteiger partial charge in [-0.25, -0.2) is 0 Å². The zero-order valence-electron chi connectivity index (χ0n) is 4.50. The molecule has 0 fully saturated rings. The molecule has 0 rings (SSSR count).